The maximum Gasteiger partial charge on any atom is 0.321 e. The highest BCUT2D eigenvalue weighted by Crippen LogP contribution is 2.35. The molecule has 5 nitrogen and oxygen atoms in total. The third-order valence-corrected chi connectivity index (χ3v) is 6.26. The Morgan fingerprint density at radius 1 is 1.29 bits per heavy atom. The van der Waals surface area contributed by atoms with Crippen LogP contribution in [-0.2, 0) is 19.4 Å². The Balaban J connectivity index is 2.81. The molecule has 0 aromatic carbocycles. The van der Waals surface area contributed by atoms with E-state index in [1.54, 1.807) is 20.8 Å². The molecule has 1 saturated carbocycles. The second-order valence-electron chi connectivity index (χ2n) is 7.02. The van der Waals surface area contributed by atoms with Crippen LogP contribution >= 0.6 is 0 Å². The van der Waals surface area contributed by atoms with E-state index in [0.717, 1.165) is 19.3 Å². The van der Waals surface area contributed by atoms with Crippen molar-refractivity contribution in [2.75, 3.05) is 12.3 Å². The number of ether oxygens (including phenoxy) is 1. The Morgan fingerprint density at radius 3 is 2.38 bits per heavy atom. The van der Waals surface area contributed by atoms with Crippen LogP contribution in [0.3, 0.4) is 0 Å². The molecule has 1 fully saturated rings. The summed E-state index contributed by atoms with van der Waals surface area (Å²) < 4.78 is 30.2. The molecule has 3 atom stereocenters. The summed E-state index contributed by atoms with van der Waals surface area (Å²) in [7, 11) is -3.51. The molecule has 1 aliphatic carbocycles. The van der Waals surface area contributed by atoms with Gasteiger partial charge in [0.05, 0.1) is 5.25 Å². The van der Waals surface area contributed by atoms with Crippen LogP contribution in [-0.4, -0.2) is 37.5 Å². The van der Waals surface area contributed by atoms with Crippen molar-refractivity contribution in [1.29, 1.82) is 0 Å². The Labute approximate surface area is 128 Å². The van der Waals surface area contributed by atoms with Crippen LogP contribution in [0.2, 0.25) is 0 Å². The average Bonchev–Trinajstić information content (AvgIpc) is 2.34. The molecule has 0 bridgehead atoms. The molecule has 1 rings (SSSR count). The van der Waals surface area contributed by atoms with E-state index in [2.05, 4.69) is 6.92 Å². The van der Waals surface area contributed by atoms with Gasteiger partial charge in [0.25, 0.3) is 0 Å². The van der Waals surface area contributed by atoms with Gasteiger partial charge < -0.3 is 10.5 Å². The van der Waals surface area contributed by atoms with Gasteiger partial charge in [0.1, 0.15) is 11.4 Å². The topological polar surface area (TPSA) is 86.5 Å². The van der Waals surface area contributed by atoms with Crippen molar-refractivity contribution in [2.24, 2.45) is 17.6 Å². The lowest BCUT2D eigenvalue weighted by atomic mass is 9.80. The summed E-state index contributed by atoms with van der Waals surface area (Å²) in [4.78, 5) is 11.8. The molecule has 21 heavy (non-hydrogen) atoms. The maximum atomic E-state index is 12.6. The summed E-state index contributed by atoms with van der Waals surface area (Å²) in [5.74, 6) is -0.842. The molecular formula is C15H29NO4S. The Bertz CT molecular complexity index is 453. The van der Waals surface area contributed by atoms with Gasteiger partial charge >= 0.3 is 5.97 Å². The zero-order valence-corrected chi connectivity index (χ0v) is 14.4. The minimum absolute atomic E-state index is 0.0414. The van der Waals surface area contributed by atoms with E-state index in [0.29, 0.717) is 18.9 Å². The predicted molar refractivity (Wildman–Crippen MR) is 83.6 cm³/mol. The third kappa shape index (κ3) is 5.58. The van der Waals surface area contributed by atoms with Crippen molar-refractivity contribution in [2.45, 2.75) is 64.2 Å². The number of hydrogen-bond donors (Lipinski definition) is 1. The van der Waals surface area contributed by atoms with E-state index < -0.39 is 32.4 Å². The number of hydrogen-bond acceptors (Lipinski definition) is 5. The van der Waals surface area contributed by atoms with Crippen molar-refractivity contribution in [1.82, 2.24) is 0 Å². The molecule has 0 amide bonds. The fraction of sp³-hybridized carbons (Fsp3) is 0.933. The number of esters is 1. The molecule has 0 aromatic rings. The van der Waals surface area contributed by atoms with E-state index in [1.807, 2.05) is 0 Å². The van der Waals surface area contributed by atoms with Gasteiger partial charge in [-0.3, -0.25) is 4.79 Å². The first-order chi connectivity index (χ1) is 9.59. The summed E-state index contributed by atoms with van der Waals surface area (Å²) in [6.45, 7) is 7.62. The number of nitrogens with two attached hydrogens (primary N) is 1. The number of rotatable bonds is 5. The monoisotopic (exact) mass is 319 g/mol. The maximum absolute atomic E-state index is 12.6. The average molecular weight is 319 g/mol. The summed E-state index contributed by atoms with van der Waals surface area (Å²) in [6, 6.07) is 0. The quantitative estimate of drug-likeness (QED) is 0.782. The fourth-order valence-corrected chi connectivity index (χ4v) is 5.00. The van der Waals surface area contributed by atoms with Crippen LogP contribution in [0.5, 0.6) is 0 Å². The normalized spacial score (nSPS) is 27.4. The summed E-state index contributed by atoms with van der Waals surface area (Å²) in [5.41, 5.74) is 5.06. The van der Waals surface area contributed by atoms with Crippen molar-refractivity contribution in [3.8, 4) is 0 Å². The molecule has 1 aliphatic rings. The molecule has 0 heterocycles. The summed E-state index contributed by atoms with van der Waals surface area (Å²) >= 11 is 0. The number of sulfone groups is 1. The Kier molecular flexibility index (Phi) is 6.23. The largest absolute Gasteiger partial charge is 0.459 e. The number of carbonyl (C=O) groups is 1. The standard InChI is InChI=1S/C15H29NO4S/c1-5-11-6-7-12(9-16)13(8-11)21(18,19)10-14(17)20-15(2,3)4/h11-13H,5-10,16H2,1-4H3. The lowest BCUT2D eigenvalue weighted by Crippen LogP contribution is -2.42. The summed E-state index contributed by atoms with van der Waals surface area (Å²) in [5, 5.41) is -0.506. The molecule has 0 aliphatic heterocycles. The molecule has 3 unspecified atom stereocenters. The Morgan fingerprint density at radius 2 is 1.90 bits per heavy atom. The lowest BCUT2D eigenvalue weighted by Gasteiger charge is -2.34. The van der Waals surface area contributed by atoms with Gasteiger partial charge in [0.15, 0.2) is 9.84 Å². The predicted octanol–water partition coefficient (Wildman–Crippen LogP) is 1.90. The van der Waals surface area contributed by atoms with Crippen LogP contribution in [0, 0.1) is 11.8 Å². The molecule has 124 valence electrons. The van der Waals surface area contributed by atoms with Gasteiger partial charge in [-0.1, -0.05) is 19.8 Å². The Hall–Kier alpha value is -0.620. The minimum atomic E-state index is -3.51. The molecule has 0 saturated heterocycles. The number of carbonyl (C=O) groups excluding carboxylic acids is 1. The van der Waals surface area contributed by atoms with Crippen LogP contribution in [0.4, 0.5) is 0 Å². The van der Waals surface area contributed by atoms with E-state index in [1.165, 1.54) is 0 Å². The van der Waals surface area contributed by atoms with E-state index >= 15 is 0 Å². The first-order valence-electron chi connectivity index (χ1n) is 7.72. The molecule has 0 radical (unpaired) electrons. The lowest BCUT2D eigenvalue weighted by molar-refractivity contribution is -0.151. The third-order valence-electron chi connectivity index (χ3n) is 4.12. The first kappa shape index (κ1) is 18.4. The van der Waals surface area contributed by atoms with Crippen molar-refractivity contribution in [3.05, 3.63) is 0 Å². The van der Waals surface area contributed by atoms with Crippen molar-refractivity contribution >= 4 is 15.8 Å². The zero-order chi connectivity index (χ0) is 16.3. The SMILES string of the molecule is CCC1CCC(CN)C(S(=O)(=O)CC(=O)OC(C)(C)C)C1. The molecule has 2 N–H and O–H groups in total. The molecular weight excluding hydrogens is 290 g/mol. The van der Waals surface area contributed by atoms with Crippen molar-refractivity contribution < 1.29 is 17.9 Å². The van der Waals surface area contributed by atoms with Crippen LogP contribution in [0.15, 0.2) is 0 Å². The highest BCUT2D eigenvalue weighted by atomic mass is 32.2. The zero-order valence-electron chi connectivity index (χ0n) is 13.6. The van der Waals surface area contributed by atoms with Crippen molar-refractivity contribution in [3.63, 3.8) is 0 Å². The first-order valence-corrected chi connectivity index (χ1v) is 9.44. The van der Waals surface area contributed by atoms with Crippen LogP contribution < -0.4 is 5.73 Å². The van der Waals surface area contributed by atoms with Crippen LogP contribution in [0.1, 0.15) is 53.4 Å². The summed E-state index contributed by atoms with van der Waals surface area (Å²) in [6.07, 6.45) is 3.43. The second-order valence-corrected chi connectivity index (χ2v) is 9.24. The van der Waals surface area contributed by atoms with E-state index in [4.69, 9.17) is 10.5 Å². The molecule has 0 aromatic heterocycles. The second kappa shape index (κ2) is 7.09. The molecule has 6 heteroatoms. The van der Waals surface area contributed by atoms with Gasteiger partial charge in [0, 0.05) is 0 Å². The van der Waals surface area contributed by atoms with Gasteiger partial charge in [-0.15, -0.1) is 0 Å². The molecule has 0 spiro atoms. The fourth-order valence-electron chi connectivity index (χ4n) is 3.00. The van der Waals surface area contributed by atoms with Gasteiger partial charge in [-0.25, -0.2) is 8.42 Å². The highest BCUT2D eigenvalue weighted by molar-refractivity contribution is 7.92. The van der Waals surface area contributed by atoms with Gasteiger partial charge in [-0.05, 0) is 52.0 Å². The van der Waals surface area contributed by atoms with E-state index in [-0.39, 0.29) is 5.92 Å². The van der Waals surface area contributed by atoms with Gasteiger partial charge in [0.2, 0.25) is 0 Å². The van der Waals surface area contributed by atoms with E-state index in [9.17, 15) is 13.2 Å². The smallest absolute Gasteiger partial charge is 0.321 e. The minimum Gasteiger partial charge on any atom is -0.459 e. The van der Waals surface area contributed by atoms with Gasteiger partial charge in [-0.2, -0.15) is 0 Å². The highest BCUT2D eigenvalue weighted by Gasteiger charge is 2.39. The van der Waals surface area contributed by atoms with Crippen LogP contribution in [0.25, 0.3) is 0 Å².